The summed E-state index contributed by atoms with van der Waals surface area (Å²) in [5.74, 6) is -7.27. The van der Waals surface area contributed by atoms with Crippen LogP contribution in [-0.4, -0.2) is 27.9 Å². The molecule has 1 heterocycles. The number of hydrogen-bond donors (Lipinski definition) is 2. The Bertz CT molecular complexity index is 1210. The lowest BCUT2D eigenvalue weighted by atomic mass is 10.2. The standard InChI is InChI=1S/C22H16F3N3O4S/c23-17-19(33-16(10-27)22(29)30)18(24)21(28-20(17)25)32-15-8-13(9-26)6-7-14(15)31-11-12-4-2-1-3-5-12/h1-8,16H,10-11,27H2,(H,29,30). The topological polar surface area (TPSA) is 118 Å². The third kappa shape index (κ3) is 5.74. The van der Waals surface area contributed by atoms with Crippen LogP contribution in [0.2, 0.25) is 0 Å². The quantitative estimate of drug-likeness (QED) is 0.348. The molecule has 170 valence electrons. The first-order valence-corrected chi connectivity index (χ1v) is 10.2. The third-order valence-electron chi connectivity index (χ3n) is 4.23. The zero-order valence-corrected chi connectivity index (χ0v) is 17.6. The van der Waals surface area contributed by atoms with E-state index in [2.05, 4.69) is 4.98 Å². The van der Waals surface area contributed by atoms with E-state index in [1.54, 1.807) is 24.3 Å². The normalized spacial score (nSPS) is 11.5. The molecular formula is C22H16F3N3O4S. The maximum absolute atomic E-state index is 15.0. The molecule has 1 aromatic heterocycles. The molecule has 0 saturated heterocycles. The average Bonchev–Trinajstić information content (AvgIpc) is 2.82. The van der Waals surface area contributed by atoms with Crippen molar-refractivity contribution in [2.24, 2.45) is 5.73 Å². The van der Waals surface area contributed by atoms with Crippen molar-refractivity contribution in [1.82, 2.24) is 4.98 Å². The Balaban J connectivity index is 1.96. The summed E-state index contributed by atoms with van der Waals surface area (Å²) in [6.07, 6.45) is 0. The van der Waals surface area contributed by atoms with Crippen LogP contribution in [0.5, 0.6) is 17.4 Å². The Morgan fingerprint density at radius 3 is 2.52 bits per heavy atom. The van der Waals surface area contributed by atoms with Crippen molar-refractivity contribution in [3.8, 4) is 23.4 Å². The van der Waals surface area contributed by atoms with Crippen LogP contribution >= 0.6 is 11.8 Å². The van der Waals surface area contributed by atoms with E-state index in [1.165, 1.54) is 18.2 Å². The lowest BCUT2D eigenvalue weighted by molar-refractivity contribution is -0.136. The van der Waals surface area contributed by atoms with E-state index >= 15 is 0 Å². The van der Waals surface area contributed by atoms with E-state index in [-0.39, 0.29) is 35.4 Å². The maximum atomic E-state index is 15.0. The van der Waals surface area contributed by atoms with Gasteiger partial charge in [0.25, 0.3) is 11.8 Å². The average molecular weight is 475 g/mol. The van der Waals surface area contributed by atoms with Gasteiger partial charge in [0.1, 0.15) is 11.9 Å². The second kappa shape index (κ2) is 10.7. The summed E-state index contributed by atoms with van der Waals surface area (Å²) in [6, 6.07) is 15.0. The molecule has 0 saturated carbocycles. The molecule has 7 nitrogen and oxygen atoms in total. The molecule has 0 fully saturated rings. The number of carbonyl (C=O) groups is 1. The highest BCUT2D eigenvalue weighted by Crippen LogP contribution is 2.38. The fraction of sp³-hybridized carbons (Fsp3) is 0.136. The van der Waals surface area contributed by atoms with Gasteiger partial charge in [-0.25, -0.2) is 4.39 Å². The summed E-state index contributed by atoms with van der Waals surface area (Å²) in [5.41, 5.74) is 6.26. The molecule has 0 radical (unpaired) electrons. The molecule has 3 aromatic rings. The molecule has 3 rings (SSSR count). The molecule has 33 heavy (non-hydrogen) atoms. The Hall–Kier alpha value is -3.75. The first-order chi connectivity index (χ1) is 15.8. The minimum atomic E-state index is -1.70. The summed E-state index contributed by atoms with van der Waals surface area (Å²) in [5, 5.41) is 16.8. The molecule has 0 amide bonds. The first-order valence-electron chi connectivity index (χ1n) is 9.36. The number of rotatable bonds is 9. The first kappa shape index (κ1) is 23.9. The maximum Gasteiger partial charge on any atom is 0.318 e. The minimum Gasteiger partial charge on any atom is -0.485 e. The summed E-state index contributed by atoms with van der Waals surface area (Å²) < 4.78 is 54.3. The van der Waals surface area contributed by atoms with E-state index < -0.39 is 46.1 Å². The summed E-state index contributed by atoms with van der Waals surface area (Å²) in [7, 11) is 0. The van der Waals surface area contributed by atoms with Crippen LogP contribution in [0.4, 0.5) is 13.2 Å². The predicted octanol–water partition coefficient (Wildman–Crippen LogP) is 4.25. The number of thioether (sulfide) groups is 1. The number of nitrogens with two attached hydrogens (primary N) is 1. The number of aliphatic carboxylic acids is 1. The van der Waals surface area contributed by atoms with Crippen molar-refractivity contribution >= 4 is 17.7 Å². The van der Waals surface area contributed by atoms with Gasteiger partial charge >= 0.3 is 5.97 Å². The molecular weight excluding hydrogens is 459 g/mol. The van der Waals surface area contributed by atoms with Crippen molar-refractivity contribution in [3.05, 3.63) is 77.2 Å². The fourth-order valence-corrected chi connectivity index (χ4v) is 3.46. The van der Waals surface area contributed by atoms with Gasteiger partial charge in [-0.15, -0.1) is 11.8 Å². The molecule has 0 aliphatic carbocycles. The number of ether oxygens (including phenoxy) is 2. The van der Waals surface area contributed by atoms with Crippen LogP contribution < -0.4 is 15.2 Å². The Morgan fingerprint density at radius 1 is 1.15 bits per heavy atom. The van der Waals surface area contributed by atoms with Crippen molar-refractivity contribution in [3.63, 3.8) is 0 Å². The summed E-state index contributed by atoms with van der Waals surface area (Å²) in [4.78, 5) is 13.4. The monoisotopic (exact) mass is 475 g/mol. The molecule has 11 heteroatoms. The number of nitrogens with zero attached hydrogens (tertiary/aromatic N) is 2. The van der Waals surface area contributed by atoms with Gasteiger partial charge in [0.15, 0.2) is 17.3 Å². The molecule has 3 N–H and O–H groups in total. The van der Waals surface area contributed by atoms with Gasteiger partial charge in [0.2, 0.25) is 5.82 Å². The van der Waals surface area contributed by atoms with Gasteiger partial charge in [-0.2, -0.15) is 19.0 Å². The lowest BCUT2D eigenvalue weighted by Gasteiger charge is -2.15. The van der Waals surface area contributed by atoms with Gasteiger partial charge in [-0.05, 0) is 17.7 Å². The Morgan fingerprint density at radius 2 is 1.88 bits per heavy atom. The smallest absolute Gasteiger partial charge is 0.318 e. The van der Waals surface area contributed by atoms with Crippen molar-refractivity contribution in [2.45, 2.75) is 16.8 Å². The molecule has 0 aliphatic heterocycles. The molecule has 0 spiro atoms. The number of nitriles is 1. The number of hydrogen-bond acceptors (Lipinski definition) is 7. The second-order valence-electron chi connectivity index (χ2n) is 6.49. The lowest BCUT2D eigenvalue weighted by Crippen LogP contribution is -2.26. The Kier molecular flexibility index (Phi) is 7.76. The molecule has 2 aromatic carbocycles. The van der Waals surface area contributed by atoms with E-state index in [0.29, 0.717) is 0 Å². The van der Waals surface area contributed by atoms with Crippen molar-refractivity contribution in [1.29, 1.82) is 5.26 Å². The van der Waals surface area contributed by atoms with Gasteiger partial charge in [-0.1, -0.05) is 30.3 Å². The zero-order chi connectivity index (χ0) is 24.0. The van der Waals surface area contributed by atoms with E-state index in [9.17, 15) is 18.0 Å². The number of carboxylic acids is 1. The highest BCUT2D eigenvalue weighted by molar-refractivity contribution is 8.00. The second-order valence-corrected chi connectivity index (χ2v) is 7.71. The van der Waals surface area contributed by atoms with E-state index in [0.717, 1.165) is 5.56 Å². The summed E-state index contributed by atoms with van der Waals surface area (Å²) in [6.45, 7) is -0.352. The van der Waals surface area contributed by atoms with Crippen LogP contribution in [0.1, 0.15) is 11.1 Å². The Labute approximate surface area is 190 Å². The van der Waals surface area contributed by atoms with Crippen LogP contribution in [0.3, 0.4) is 0 Å². The van der Waals surface area contributed by atoms with Gasteiger partial charge in [0.05, 0.1) is 16.5 Å². The van der Waals surface area contributed by atoms with Crippen molar-refractivity contribution in [2.75, 3.05) is 6.54 Å². The molecule has 0 bridgehead atoms. The summed E-state index contributed by atoms with van der Waals surface area (Å²) >= 11 is 0.190. The van der Waals surface area contributed by atoms with Crippen molar-refractivity contribution < 1.29 is 32.5 Å². The number of halogens is 3. The van der Waals surface area contributed by atoms with Crippen LogP contribution in [0, 0.1) is 28.9 Å². The molecule has 0 aliphatic rings. The predicted molar refractivity (Wildman–Crippen MR) is 112 cm³/mol. The van der Waals surface area contributed by atoms with Gasteiger partial charge < -0.3 is 20.3 Å². The third-order valence-corrected chi connectivity index (χ3v) is 5.51. The van der Waals surface area contributed by atoms with Crippen LogP contribution in [0.15, 0.2) is 53.4 Å². The number of pyridine rings is 1. The van der Waals surface area contributed by atoms with Gasteiger partial charge in [0, 0.05) is 12.6 Å². The SMILES string of the molecule is N#Cc1ccc(OCc2ccccc2)c(Oc2nc(F)c(F)c(SC(CN)C(=O)O)c2F)c1. The van der Waals surface area contributed by atoms with E-state index in [1.807, 2.05) is 12.1 Å². The molecule has 1 unspecified atom stereocenters. The minimum absolute atomic E-state index is 0.0864. The largest absolute Gasteiger partial charge is 0.485 e. The number of benzene rings is 2. The fourth-order valence-electron chi connectivity index (χ4n) is 2.60. The molecule has 1 atom stereocenters. The number of aromatic nitrogens is 1. The number of carboxylic acid groups (broad SMARTS) is 1. The van der Waals surface area contributed by atoms with Crippen LogP contribution in [0.25, 0.3) is 0 Å². The van der Waals surface area contributed by atoms with Crippen LogP contribution in [-0.2, 0) is 11.4 Å². The zero-order valence-electron chi connectivity index (χ0n) is 16.8. The van der Waals surface area contributed by atoms with E-state index in [4.69, 9.17) is 25.6 Å². The van der Waals surface area contributed by atoms with Gasteiger partial charge in [-0.3, -0.25) is 4.79 Å². The highest BCUT2D eigenvalue weighted by Gasteiger charge is 2.28. The highest BCUT2D eigenvalue weighted by atomic mass is 32.2.